The summed E-state index contributed by atoms with van der Waals surface area (Å²) in [6.45, 7) is 8.40. The predicted octanol–water partition coefficient (Wildman–Crippen LogP) is 1.47. The van der Waals surface area contributed by atoms with Crippen LogP contribution in [-0.4, -0.2) is 30.4 Å². The zero-order valence-electron chi connectivity index (χ0n) is 14.5. The summed E-state index contributed by atoms with van der Waals surface area (Å²) in [5.41, 5.74) is 6.88. The Morgan fingerprint density at radius 2 is 1.65 bits per heavy atom. The average Bonchev–Trinajstić information content (AvgIpc) is 2.51. The van der Waals surface area contributed by atoms with Gasteiger partial charge in [0.2, 0.25) is 11.8 Å². The Balaban J connectivity index is 2.79. The summed E-state index contributed by atoms with van der Waals surface area (Å²) in [7, 11) is 0. The van der Waals surface area contributed by atoms with Crippen LogP contribution in [0.15, 0.2) is 30.3 Å². The van der Waals surface area contributed by atoms with Gasteiger partial charge >= 0.3 is 0 Å². The van der Waals surface area contributed by atoms with Gasteiger partial charge in [-0.05, 0) is 17.4 Å². The first-order chi connectivity index (χ1) is 10.8. The molecule has 0 aliphatic heterocycles. The zero-order chi connectivity index (χ0) is 17.4. The van der Waals surface area contributed by atoms with Crippen LogP contribution in [0.2, 0.25) is 0 Å². The van der Waals surface area contributed by atoms with Crippen LogP contribution in [0.25, 0.3) is 0 Å². The highest BCUT2D eigenvalue weighted by Crippen LogP contribution is 2.05. The van der Waals surface area contributed by atoms with Crippen LogP contribution >= 0.6 is 0 Å². The van der Waals surface area contributed by atoms with Gasteiger partial charge in [-0.1, -0.05) is 58.0 Å². The maximum absolute atomic E-state index is 12.4. The summed E-state index contributed by atoms with van der Waals surface area (Å²) < 4.78 is 0. The van der Waals surface area contributed by atoms with E-state index in [1.54, 1.807) is 0 Å². The molecule has 0 spiro atoms. The molecule has 0 saturated carbocycles. The van der Waals surface area contributed by atoms with Gasteiger partial charge in [-0.15, -0.1) is 0 Å². The van der Waals surface area contributed by atoms with Gasteiger partial charge in [0.1, 0.15) is 6.04 Å². The summed E-state index contributed by atoms with van der Waals surface area (Å²) in [5.74, 6) is -0.0939. The second kappa shape index (κ2) is 9.30. The fourth-order valence-corrected chi connectivity index (χ4v) is 2.06. The van der Waals surface area contributed by atoms with Crippen molar-refractivity contribution < 1.29 is 9.59 Å². The fraction of sp³-hybridized carbons (Fsp3) is 0.556. The van der Waals surface area contributed by atoms with Crippen LogP contribution in [0.4, 0.5) is 0 Å². The monoisotopic (exact) mass is 319 g/mol. The van der Waals surface area contributed by atoms with Crippen molar-refractivity contribution in [1.82, 2.24) is 10.6 Å². The molecule has 0 aliphatic carbocycles. The van der Waals surface area contributed by atoms with Gasteiger partial charge in [-0.25, -0.2) is 0 Å². The maximum atomic E-state index is 12.4. The summed E-state index contributed by atoms with van der Waals surface area (Å²) >= 11 is 0. The van der Waals surface area contributed by atoms with Crippen molar-refractivity contribution in [2.45, 2.75) is 46.2 Å². The van der Waals surface area contributed by atoms with E-state index in [0.717, 1.165) is 5.56 Å². The number of hydrogen-bond acceptors (Lipinski definition) is 3. The molecular weight excluding hydrogens is 290 g/mol. The fourth-order valence-electron chi connectivity index (χ4n) is 2.06. The Hall–Kier alpha value is -1.88. The van der Waals surface area contributed by atoms with Crippen molar-refractivity contribution in [2.24, 2.45) is 17.6 Å². The highest BCUT2D eigenvalue weighted by Gasteiger charge is 2.25. The SMILES string of the molecule is CC(C)CNC(=O)C(Cc1ccccc1)NC(=O)[C@@H](N)C(C)C. The van der Waals surface area contributed by atoms with Gasteiger partial charge in [0, 0.05) is 13.0 Å². The molecule has 1 aromatic rings. The predicted molar refractivity (Wildman–Crippen MR) is 92.7 cm³/mol. The molecule has 0 aromatic heterocycles. The number of carbonyl (C=O) groups is 2. The maximum Gasteiger partial charge on any atom is 0.242 e. The quantitative estimate of drug-likeness (QED) is 0.678. The summed E-state index contributed by atoms with van der Waals surface area (Å²) in [5, 5.41) is 5.68. The van der Waals surface area contributed by atoms with Gasteiger partial charge in [0.15, 0.2) is 0 Å². The summed E-state index contributed by atoms with van der Waals surface area (Å²) in [4.78, 5) is 24.6. The second-order valence-corrected chi connectivity index (χ2v) is 6.66. The van der Waals surface area contributed by atoms with Crippen molar-refractivity contribution in [3.63, 3.8) is 0 Å². The van der Waals surface area contributed by atoms with E-state index < -0.39 is 12.1 Å². The van der Waals surface area contributed by atoms with Crippen molar-refractivity contribution in [2.75, 3.05) is 6.54 Å². The highest BCUT2D eigenvalue weighted by atomic mass is 16.2. The molecule has 0 bridgehead atoms. The molecule has 2 atom stereocenters. The van der Waals surface area contributed by atoms with Crippen LogP contribution in [0.5, 0.6) is 0 Å². The van der Waals surface area contributed by atoms with Gasteiger partial charge in [0.05, 0.1) is 6.04 Å². The third kappa shape index (κ3) is 6.82. The first kappa shape index (κ1) is 19.2. The van der Waals surface area contributed by atoms with Crippen molar-refractivity contribution in [3.05, 3.63) is 35.9 Å². The van der Waals surface area contributed by atoms with E-state index in [0.29, 0.717) is 18.9 Å². The minimum absolute atomic E-state index is 0.0195. The van der Waals surface area contributed by atoms with Gasteiger partial charge in [-0.2, -0.15) is 0 Å². The molecule has 5 heteroatoms. The van der Waals surface area contributed by atoms with Crippen LogP contribution in [0.3, 0.4) is 0 Å². The molecule has 1 rings (SSSR count). The number of rotatable bonds is 8. The van der Waals surface area contributed by atoms with Crippen LogP contribution in [0, 0.1) is 11.8 Å². The lowest BCUT2D eigenvalue weighted by Gasteiger charge is -2.22. The number of amides is 2. The largest absolute Gasteiger partial charge is 0.354 e. The Morgan fingerprint density at radius 1 is 1.04 bits per heavy atom. The minimum atomic E-state index is -0.619. The number of nitrogens with two attached hydrogens (primary N) is 1. The first-order valence-electron chi connectivity index (χ1n) is 8.18. The van der Waals surface area contributed by atoms with E-state index in [4.69, 9.17) is 5.73 Å². The molecule has 0 fully saturated rings. The first-order valence-corrected chi connectivity index (χ1v) is 8.18. The van der Waals surface area contributed by atoms with Crippen LogP contribution in [-0.2, 0) is 16.0 Å². The van der Waals surface area contributed by atoms with Gasteiger partial charge in [0.25, 0.3) is 0 Å². The number of benzene rings is 1. The molecule has 128 valence electrons. The molecular formula is C18H29N3O2. The molecule has 23 heavy (non-hydrogen) atoms. The molecule has 1 aromatic carbocycles. The lowest BCUT2D eigenvalue weighted by atomic mass is 10.0. The lowest BCUT2D eigenvalue weighted by molar-refractivity contribution is -0.130. The lowest BCUT2D eigenvalue weighted by Crippen LogP contribution is -2.54. The van der Waals surface area contributed by atoms with E-state index in [2.05, 4.69) is 10.6 Å². The molecule has 2 amide bonds. The number of carbonyl (C=O) groups excluding carboxylic acids is 2. The highest BCUT2D eigenvalue weighted by molar-refractivity contribution is 5.90. The summed E-state index contributed by atoms with van der Waals surface area (Å²) in [6, 6.07) is 8.40. The Kier molecular flexibility index (Phi) is 7.75. The number of hydrogen-bond donors (Lipinski definition) is 3. The van der Waals surface area contributed by atoms with Crippen LogP contribution < -0.4 is 16.4 Å². The van der Waals surface area contributed by atoms with E-state index in [1.165, 1.54) is 0 Å². The van der Waals surface area contributed by atoms with Gasteiger partial charge < -0.3 is 16.4 Å². The van der Waals surface area contributed by atoms with Crippen molar-refractivity contribution in [3.8, 4) is 0 Å². The molecule has 4 N–H and O–H groups in total. The smallest absolute Gasteiger partial charge is 0.242 e. The Bertz CT molecular complexity index is 500. The molecule has 0 radical (unpaired) electrons. The molecule has 5 nitrogen and oxygen atoms in total. The number of nitrogens with one attached hydrogen (secondary N) is 2. The van der Waals surface area contributed by atoms with E-state index >= 15 is 0 Å². The molecule has 0 aliphatic rings. The topological polar surface area (TPSA) is 84.2 Å². The standard InChI is InChI=1S/C18H29N3O2/c1-12(2)11-20-17(22)15(10-14-8-6-5-7-9-14)21-18(23)16(19)13(3)4/h5-9,12-13,15-16H,10-11,19H2,1-4H3,(H,20,22)(H,21,23)/t15?,16-/m0/s1. The van der Waals surface area contributed by atoms with E-state index in [-0.39, 0.29) is 17.7 Å². The molecule has 1 unspecified atom stereocenters. The van der Waals surface area contributed by atoms with Crippen molar-refractivity contribution in [1.29, 1.82) is 0 Å². The van der Waals surface area contributed by atoms with Gasteiger partial charge in [-0.3, -0.25) is 9.59 Å². The van der Waals surface area contributed by atoms with E-state index in [1.807, 2.05) is 58.0 Å². The Labute approximate surface area is 139 Å². The van der Waals surface area contributed by atoms with E-state index in [9.17, 15) is 9.59 Å². The van der Waals surface area contributed by atoms with Crippen molar-refractivity contribution >= 4 is 11.8 Å². The third-order valence-corrected chi connectivity index (χ3v) is 3.62. The third-order valence-electron chi connectivity index (χ3n) is 3.62. The normalized spacial score (nSPS) is 13.7. The average molecular weight is 319 g/mol. The molecule has 0 saturated heterocycles. The van der Waals surface area contributed by atoms with Crippen LogP contribution in [0.1, 0.15) is 33.3 Å². The summed E-state index contributed by atoms with van der Waals surface area (Å²) in [6.07, 6.45) is 0.446. The molecule has 0 heterocycles. The second-order valence-electron chi connectivity index (χ2n) is 6.66. The Morgan fingerprint density at radius 3 is 2.17 bits per heavy atom. The minimum Gasteiger partial charge on any atom is -0.354 e. The zero-order valence-corrected chi connectivity index (χ0v) is 14.5.